The fourth-order valence-corrected chi connectivity index (χ4v) is 0.417. The van der Waals surface area contributed by atoms with E-state index in [0.717, 1.165) is 0 Å². The molecule has 0 spiro atoms. The molecule has 2 N–H and O–H groups in total. The molecular formula is CH2F3O3PS. The van der Waals surface area contributed by atoms with Gasteiger partial charge in [0.25, 0.3) is 0 Å². The topological polar surface area (TPSA) is 57.5 Å². The number of alkyl halides is 3. The number of halogens is 3. The molecule has 56 valence electrons. The number of rotatable bonds is 0. The number of hydrogen-bond acceptors (Lipinski definition) is 1. The first kappa shape index (κ1) is 9.16. The summed E-state index contributed by atoms with van der Waals surface area (Å²) in [5.41, 5.74) is -5.23. The minimum absolute atomic E-state index is 1.56. The summed E-state index contributed by atoms with van der Waals surface area (Å²) in [4.78, 5) is 7.66. The highest BCUT2D eigenvalue weighted by molar-refractivity contribution is 8.20. The summed E-state index contributed by atoms with van der Waals surface area (Å²) in [6, 6.07) is 0. The predicted octanol–water partition coefficient (Wildman–Crippen LogP) is 1.03. The molecule has 0 saturated carbocycles. The van der Waals surface area contributed by atoms with E-state index in [4.69, 9.17) is 9.45 Å². The first-order valence-electron chi connectivity index (χ1n) is 1.50. The SMILES string of the molecule is O=S(O)(=PO)C(F)(F)F. The molecule has 0 aliphatic heterocycles. The van der Waals surface area contributed by atoms with Crippen LogP contribution >= 0.6 is 7.58 Å². The zero-order valence-corrected chi connectivity index (χ0v) is 5.50. The third-order valence-corrected chi connectivity index (χ3v) is 2.52. The van der Waals surface area contributed by atoms with Crippen molar-refractivity contribution >= 4 is 17.0 Å². The van der Waals surface area contributed by atoms with E-state index in [9.17, 15) is 17.4 Å². The lowest BCUT2D eigenvalue weighted by atomic mass is 11.6. The lowest BCUT2D eigenvalue weighted by Gasteiger charge is -2.03. The van der Waals surface area contributed by atoms with E-state index < -0.39 is 22.5 Å². The van der Waals surface area contributed by atoms with Gasteiger partial charge in [-0.15, -0.1) is 0 Å². The minimum Gasteiger partial charge on any atom is -0.333 e. The van der Waals surface area contributed by atoms with Crippen LogP contribution in [0.3, 0.4) is 0 Å². The molecule has 0 rings (SSSR count). The monoisotopic (exact) mass is 182 g/mol. The van der Waals surface area contributed by atoms with E-state index in [1.165, 1.54) is 0 Å². The lowest BCUT2D eigenvalue weighted by Crippen LogP contribution is -2.19. The third kappa shape index (κ3) is 2.09. The van der Waals surface area contributed by atoms with Crippen molar-refractivity contribution < 1.29 is 26.8 Å². The predicted molar refractivity (Wildman–Crippen MR) is 26.0 cm³/mol. The molecule has 0 aliphatic rings. The molecule has 0 aliphatic carbocycles. The van der Waals surface area contributed by atoms with Crippen molar-refractivity contribution in [1.29, 1.82) is 0 Å². The average Bonchev–Trinajstić information content (AvgIpc) is 1.64. The molecule has 1 atom stereocenters. The van der Waals surface area contributed by atoms with E-state index in [2.05, 4.69) is 0 Å². The first-order valence-corrected chi connectivity index (χ1v) is 4.47. The Hall–Kier alpha value is 0.160. The van der Waals surface area contributed by atoms with Crippen molar-refractivity contribution in [1.82, 2.24) is 0 Å². The molecule has 0 bridgehead atoms. The molecular weight excluding hydrogens is 180 g/mol. The van der Waals surface area contributed by atoms with Crippen LogP contribution in [0.4, 0.5) is 13.2 Å². The van der Waals surface area contributed by atoms with Crippen LogP contribution in [0.5, 0.6) is 0 Å². The Labute approximate surface area is 50.3 Å². The summed E-state index contributed by atoms with van der Waals surface area (Å²) in [5.74, 6) is 0. The van der Waals surface area contributed by atoms with E-state index in [-0.39, 0.29) is 0 Å². The van der Waals surface area contributed by atoms with E-state index >= 15 is 0 Å². The van der Waals surface area contributed by atoms with Gasteiger partial charge in [-0.1, -0.05) is 0 Å². The Morgan fingerprint density at radius 2 is 1.78 bits per heavy atom. The summed E-state index contributed by atoms with van der Waals surface area (Å²) in [6.07, 6.45) is 0. The van der Waals surface area contributed by atoms with Crippen molar-refractivity contribution in [3.63, 3.8) is 0 Å². The second kappa shape index (κ2) is 2.42. The maximum Gasteiger partial charge on any atom is 0.493 e. The third-order valence-electron chi connectivity index (χ3n) is 0.412. The first-order chi connectivity index (χ1) is 3.81. The maximum absolute atomic E-state index is 11.1. The molecule has 0 amide bonds. The highest BCUT2D eigenvalue weighted by Crippen LogP contribution is 2.27. The summed E-state index contributed by atoms with van der Waals surface area (Å²) in [7, 11) is -6.61. The number of hydrogen-bond donors (Lipinski definition) is 2. The highest BCUT2D eigenvalue weighted by Gasteiger charge is 2.41. The molecule has 9 heavy (non-hydrogen) atoms. The van der Waals surface area contributed by atoms with Gasteiger partial charge in [0.15, 0.2) is 7.58 Å². The van der Waals surface area contributed by atoms with Gasteiger partial charge in [0, 0.05) is 0 Å². The summed E-state index contributed by atoms with van der Waals surface area (Å²) < 4.78 is 51.0. The average molecular weight is 182 g/mol. The van der Waals surface area contributed by atoms with Crippen molar-refractivity contribution in [2.45, 2.75) is 5.51 Å². The Morgan fingerprint density at radius 1 is 1.44 bits per heavy atom. The molecule has 3 nitrogen and oxygen atoms in total. The smallest absolute Gasteiger partial charge is 0.333 e. The zero-order valence-electron chi connectivity index (χ0n) is 3.79. The van der Waals surface area contributed by atoms with Crippen LogP contribution in [0.1, 0.15) is 0 Å². The van der Waals surface area contributed by atoms with Gasteiger partial charge < -0.3 is 9.45 Å². The van der Waals surface area contributed by atoms with E-state index in [0.29, 0.717) is 0 Å². The molecule has 0 fully saturated rings. The second-order valence-corrected chi connectivity index (χ2v) is 4.62. The van der Waals surface area contributed by atoms with Crippen LogP contribution in [0.15, 0.2) is 0 Å². The maximum atomic E-state index is 11.1. The van der Waals surface area contributed by atoms with Gasteiger partial charge >= 0.3 is 5.51 Å². The van der Waals surface area contributed by atoms with Gasteiger partial charge in [0.05, 0.1) is 0 Å². The Bertz CT molecular complexity index is 200. The van der Waals surface area contributed by atoms with Crippen LogP contribution in [0, 0.1) is 0 Å². The van der Waals surface area contributed by atoms with Gasteiger partial charge in [-0.05, 0) is 0 Å². The van der Waals surface area contributed by atoms with Crippen molar-refractivity contribution in [2.75, 3.05) is 0 Å². The van der Waals surface area contributed by atoms with Gasteiger partial charge in [0.1, 0.15) is 0 Å². The van der Waals surface area contributed by atoms with Crippen LogP contribution in [0.25, 0.3) is 0 Å². The second-order valence-electron chi connectivity index (χ2n) is 1.02. The van der Waals surface area contributed by atoms with Gasteiger partial charge in [-0.25, -0.2) is 4.21 Å². The molecule has 0 aromatic rings. The molecule has 0 radical (unpaired) electrons. The molecule has 0 aromatic carbocycles. The molecule has 1 unspecified atom stereocenters. The molecule has 0 saturated heterocycles. The Kier molecular flexibility index (Phi) is 2.46. The van der Waals surface area contributed by atoms with Gasteiger partial charge in [-0.2, -0.15) is 13.2 Å². The molecule has 0 heterocycles. The highest BCUT2D eigenvalue weighted by atomic mass is 32.5. The molecule has 8 heteroatoms. The zero-order chi connectivity index (χ0) is 7.71. The molecule has 0 aromatic heterocycles. The summed E-state index contributed by atoms with van der Waals surface area (Å²) in [6.45, 7) is 0. The van der Waals surface area contributed by atoms with Crippen LogP contribution < -0.4 is 0 Å². The van der Waals surface area contributed by atoms with E-state index in [1.807, 2.05) is 0 Å². The fraction of sp³-hybridized carbons (Fsp3) is 1.00. The normalized spacial score (nSPS) is 19.7. The van der Waals surface area contributed by atoms with Crippen LogP contribution in [0.2, 0.25) is 0 Å². The standard InChI is InChI=1S/CH2F3O3PS/c2-1(3,4)9(6,7)8-5/h5H,(H,6,7). The Balaban J connectivity index is 4.80. The van der Waals surface area contributed by atoms with Gasteiger partial charge in [0.2, 0.25) is 9.39 Å². The van der Waals surface area contributed by atoms with Crippen molar-refractivity contribution in [3.05, 3.63) is 0 Å². The summed E-state index contributed by atoms with van der Waals surface area (Å²) in [5, 5.41) is 0. The Morgan fingerprint density at radius 3 is 1.78 bits per heavy atom. The fourth-order valence-electron chi connectivity index (χ4n) is 0.0463. The van der Waals surface area contributed by atoms with Crippen molar-refractivity contribution in [2.24, 2.45) is 0 Å². The van der Waals surface area contributed by atoms with E-state index in [1.54, 1.807) is 0 Å². The summed E-state index contributed by atoms with van der Waals surface area (Å²) >= 11 is 0. The minimum atomic E-state index is -5.23. The lowest BCUT2D eigenvalue weighted by molar-refractivity contribution is -0.0454. The largest absolute Gasteiger partial charge is 0.493 e. The van der Waals surface area contributed by atoms with Crippen molar-refractivity contribution in [3.8, 4) is 0 Å². The van der Waals surface area contributed by atoms with Crippen LogP contribution in [-0.4, -0.2) is 19.2 Å². The van der Waals surface area contributed by atoms with Crippen LogP contribution in [-0.2, 0) is 9.39 Å². The van der Waals surface area contributed by atoms with Gasteiger partial charge in [-0.3, -0.25) is 0 Å². The quantitative estimate of drug-likeness (QED) is 0.550.